The largest absolute Gasteiger partial charge is 0.478 e. The maximum absolute atomic E-state index is 13.2. The van der Waals surface area contributed by atoms with E-state index in [1.165, 1.54) is 0 Å². The van der Waals surface area contributed by atoms with Crippen molar-refractivity contribution >= 4 is 33.3 Å². The predicted octanol–water partition coefficient (Wildman–Crippen LogP) is 1.11. The molecule has 1 aliphatic carbocycles. The first kappa shape index (κ1) is 22.9. The Kier molecular flexibility index (Phi) is 6.42. The molecule has 0 amide bonds. The molecule has 3 rings (SSSR count). The molecule has 30 heavy (non-hydrogen) atoms. The summed E-state index contributed by atoms with van der Waals surface area (Å²) in [7, 11) is -4.25. The summed E-state index contributed by atoms with van der Waals surface area (Å²) in [6, 6.07) is 3.09. The number of benzene rings is 1. The highest BCUT2D eigenvalue weighted by Gasteiger charge is 2.49. The highest BCUT2D eigenvalue weighted by Crippen LogP contribution is 2.40. The minimum absolute atomic E-state index is 0.0272. The summed E-state index contributed by atoms with van der Waals surface area (Å²) >= 11 is 5.87. The zero-order chi connectivity index (χ0) is 22.2. The van der Waals surface area contributed by atoms with E-state index in [1.807, 2.05) is 0 Å². The van der Waals surface area contributed by atoms with Crippen molar-refractivity contribution < 1.29 is 42.4 Å². The van der Waals surface area contributed by atoms with Crippen molar-refractivity contribution in [1.29, 1.82) is 0 Å². The van der Waals surface area contributed by atoms with Crippen LogP contribution in [0.2, 0.25) is 5.02 Å². The SMILES string of the molecule is O=C(O)C1=CC2(CCC1S(=O)(=O)Nc1ccc(F)cc1Cl)OCC(CO)(CO)CO2. The van der Waals surface area contributed by atoms with Gasteiger partial charge in [-0.2, -0.15) is 0 Å². The van der Waals surface area contributed by atoms with Gasteiger partial charge >= 0.3 is 5.97 Å². The summed E-state index contributed by atoms with van der Waals surface area (Å²) in [6.07, 6.45) is 0.991. The van der Waals surface area contributed by atoms with Crippen LogP contribution in [0.15, 0.2) is 29.8 Å². The number of halogens is 2. The molecule has 1 aromatic rings. The van der Waals surface area contributed by atoms with Gasteiger partial charge in [-0.1, -0.05) is 11.6 Å². The van der Waals surface area contributed by atoms with Crippen LogP contribution >= 0.6 is 11.6 Å². The lowest BCUT2D eigenvalue weighted by molar-refractivity contribution is -0.292. The van der Waals surface area contributed by atoms with Crippen LogP contribution in [0.3, 0.4) is 0 Å². The van der Waals surface area contributed by atoms with Gasteiger partial charge < -0.3 is 24.8 Å². The molecule has 4 N–H and O–H groups in total. The Bertz CT molecular complexity index is 953. The first-order valence-electron chi connectivity index (χ1n) is 8.98. The second kappa shape index (κ2) is 8.40. The van der Waals surface area contributed by atoms with Crippen molar-refractivity contribution in [2.24, 2.45) is 5.41 Å². The fourth-order valence-corrected chi connectivity index (χ4v) is 5.13. The lowest BCUT2D eigenvalue weighted by Crippen LogP contribution is -2.54. The molecule has 12 heteroatoms. The van der Waals surface area contributed by atoms with E-state index >= 15 is 0 Å². The van der Waals surface area contributed by atoms with E-state index in [9.17, 15) is 32.9 Å². The van der Waals surface area contributed by atoms with E-state index < -0.39 is 57.0 Å². The third-order valence-corrected chi connectivity index (χ3v) is 7.25. The molecule has 166 valence electrons. The number of sulfonamides is 1. The van der Waals surface area contributed by atoms with Crippen LogP contribution < -0.4 is 4.72 Å². The zero-order valence-corrected chi connectivity index (χ0v) is 17.2. The van der Waals surface area contributed by atoms with E-state index in [1.54, 1.807) is 0 Å². The van der Waals surface area contributed by atoms with Crippen molar-refractivity contribution in [3.63, 3.8) is 0 Å². The molecule has 1 unspecified atom stereocenters. The molecule has 1 spiro atoms. The van der Waals surface area contributed by atoms with Crippen LogP contribution in [0, 0.1) is 11.2 Å². The molecule has 9 nitrogen and oxygen atoms in total. The van der Waals surface area contributed by atoms with Gasteiger partial charge in [0.25, 0.3) is 0 Å². The lowest BCUT2D eigenvalue weighted by atomic mass is 9.88. The third kappa shape index (κ3) is 4.46. The fraction of sp³-hybridized carbons (Fsp3) is 0.500. The highest BCUT2D eigenvalue weighted by molar-refractivity contribution is 7.93. The summed E-state index contributed by atoms with van der Waals surface area (Å²) in [5.74, 6) is -3.59. The molecule has 1 aromatic carbocycles. The molecule has 1 heterocycles. The van der Waals surface area contributed by atoms with Crippen LogP contribution in [0.4, 0.5) is 10.1 Å². The number of hydrogen-bond acceptors (Lipinski definition) is 7. The van der Waals surface area contributed by atoms with E-state index in [4.69, 9.17) is 21.1 Å². The molecule has 0 bridgehead atoms. The number of aliphatic carboxylic acids is 1. The Morgan fingerprint density at radius 1 is 1.27 bits per heavy atom. The van der Waals surface area contributed by atoms with Gasteiger partial charge in [-0.3, -0.25) is 4.72 Å². The molecular formula is C18H21ClFNO8S. The van der Waals surface area contributed by atoms with Crippen molar-refractivity contribution in [1.82, 2.24) is 0 Å². The molecule has 1 aliphatic heterocycles. The number of aliphatic hydroxyl groups excluding tert-OH is 2. The topological polar surface area (TPSA) is 142 Å². The van der Waals surface area contributed by atoms with Crippen molar-refractivity contribution in [2.45, 2.75) is 23.9 Å². The van der Waals surface area contributed by atoms with Crippen LogP contribution in [0.1, 0.15) is 12.8 Å². The highest BCUT2D eigenvalue weighted by atomic mass is 35.5. The standard InChI is InChI=1S/C18H21ClFNO8S/c19-13-5-11(20)1-2-14(13)21-30(26,27)15-3-4-18(6-12(15)16(24)25)28-9-17(7-22,8-23)10-29-18/h1-2,5-6,15,21-23H,3-4,7-10H2,(H,24,25). The maximum atomic E-state index is 13.2. The Morgan fingerprint density at radius 3 is 2.43 bits per heavy atom. The quantitative estimate of drug-likeness (QED) is 0.489. The average Bonchev–Trinajstić information content (AvgIpc) is 2.71. The number of carboxylic acid groups (broad SMARTS) is 1. The van der Waals surface area contributed by atoms with Gasteiger partial charge in [0.05, 0.1) is 48.1 Å². The van der Waals surface area contributed by atoms with Crippen LogP contribution in [0.5, 0.6) is 0 Å². The number of nitrogens with one attached hydrogen (secondary N) is 1. The number of carboxylic acids is 1. The van der Waals surface area contributed by atoms with Crippen molar-refractivity contribution in [3.05, 3.63) is 40.7 Å². The van der Waals surface area contributed by atoms with E-state index in [-0.39, 0.29) is 36.8 Å². The molecule has 2 aliphatic rings. The maximum Gasteiger partial charge on any atom is 0.332 e. The number of aliphatic hydroxyl groups is 2. The molecular weight excluding hydrogens is 445 g/mol. The van der Waals surface area contributed by atoms with E-state index in [0.717, 1.165) is 24.3 Å². The van der Waals surface area contributed by atoms with Gasteiger partial charge in [0.1, 0.15) is 11.1 Å². The Labute approximate surface area is 177 Å². The van der Waals surface area contributed by atoms with Crippen LogP contribution in [-0.2, 0) is 24.3 Å². The van der Waals surface area contributed by atoms with Gasteiger partial charge in [-0.25, -0.2) is 17.6 Å². The summed E-state index contributed by atoms with van der Waals surface area (Å²) in [5.41, 5.74) is -1.55. The van der Waals surface area contributed by atoms with E-state index in [2.05, 4.69) is 4.72 Å². The second-order valence-corrected chi connectivity index (χ2v) is 9.68. The van der Waals surface area contributed by atoms with Crippen molar-refractivity contribution in [3.8, 4) is 0 Å². The van der Waals surface area contributed by atoms with Crippen LogP contribution in [0.25, 0.3) is 0 Å². The number of carbonyl (C=O) groups is 1. The Hall–Kier alpha value is -1.76. The zero-order valence-electron chi connectivity index (χ0n) is 15.7. The lowest BCUT2D eigenvalue weighted by Gasteiger charge is -2.45. The van der Waals surface area contributed by atoms with Gasteiger partial charge in [0, 0.05) is 6.42 Å². The first-order chi connectivity index (χ1) is 14.1. The third-order valence-electron chi connectivity index (χ3n) is 5.20. The summed E-state index contributed by atoms with van der Waals surface area (Å²) in [4.78, 5) is 11.8. The molecule has 1 fully saturated rings. The van der Waals surface area contributed by atoms with Gasteiger partial charge in [-0.15, -0.1) is 0 Å². The van der Waals surface area contributed by atoms with Gasteiger partial charge in [0.15, 0.2) is 5.79 Å². The Balaban J connectivity index is 1.87. The smallest absolute Gasteiger partial charge is 0.332 e. The number of anilines is 1. The van der Waals surface area contributed by atoms with Crippen LogP contribution in [-0.4, -0.2) is 67.2 Å². The minimum Gasteiger partial charge on any atom is -0.478 e. The normalized spacial score (nSPS) is 23.1. The van der Waals surface area contributed by atoms with Crippen molar-refractivity contribution in [2.75, 3.05) is 31.1 Å². The minimum atomic E-state index is -4.25. The summed E-state index contributed by atoms with van der Waals surface area (Å²) in [5, 5.41) is 26.9. The molecule has 1 atom stereocenters. The van der Waals surface area contributed by atoms with E-state index in [0.29, 0.717) is 0 Å². The number of ether oxygens (including phenoxy) is 2. The Morgan fingerprint density at radius 2 is 1.90 bits per heavy atom. The molecule has 0 radical (unpaired) electrons. The summed E-state index contributed by atoms with van der Waals surface area (Å²) < 4.78 is 52.4. The second-order valence-electron chi connectivity index (χ2n) is 7.41. The monoisotopic (exact) mass is 465 g/mol. The number of hydrogen-bond donors (Lipinski definition) is 4. The predicted molar refractivity (Wildman–Crippen MR) is 104 cm³/mol. The fourth-order valence-electron chi connectivity index (χ4n) is 3.30. The van der Waals surface area contributed by atoms with Gasteiger partial charge in [0.2, 0.25) is 10.0 Å². The molecule has 0 saturated carbocycles. The number of rotatable bonds is 6. The summed E-state index contributed by atoms with van der Waals surface area (Å²) in [6.45, 7) is -0.975. The molecule has 0 aromatic heterocycles. The average molecular weight is 466 g/mol. The first-order valence-corrected chi connectivity index (χ1v) is 10.9. The molecule has 1 saturated heterocycles. The van der Waals surface area contributed by atoms with Gasteiger partial charge in [-0.05, 0) is 30.7 Å².